The molecule has 0 bridgehead atoms. The van der Waals surface area contributed by atoms with Gasteiger partial charge in [0.15, 0.2) is 0 Å². The second kappa shape index (κ2) is 6.98. The molecule has 114 valence electrons. The number of benzene rings is 2. The van der Waals surface area contributed by atoms with E-state index in [0.717, 1.165) is 23.5 Å². The highest BCUT2D eigenvalue weighted by atomic mass is 16.5. The summed E-state index contributed by atoms with van der Waals surface area (Å²) in [5.41, 5.74) is 1.05. The van der Waals surface area contributed by atoms with Crippen molar-refractivity contribution in [2.24, 2.45) is 0 Å². The molecule has 1 N–H and O–H groups in total. The van der Waals surface area contributed by atoms with Crippen molar-refractivity contribution in [2.45, 2.75) is 18.9 Å². The first-order chi connectivity index (χ1) is 10.8. The molecule has 22 heavy (non-hydrogen) atoms. The summed E-state index contributed by atoms with van der Waals surface area (Å²) in [6.45, 7) is 1.00. The van der Waals surface area contributed by atoms with Crippen LogP contribution in [-0.4, -0.2) is 19.1 Å². The van der Waals surface area contributed by atoms with Gasteiger partial charge in [-0.15, -0.1) is 0 Å². The molecule has 0 saturated heterocycles. The number of carbonyl (C=O) groups excluding carboxylic acids is 1. The minimum Gasteiger partial charge on any atom is -0.493 e. The molecule has 1 amide bonds. The maximum absolute atomic E-state index is 12.1. The third kappa shape index (κ3) is 3.58. The fourth-order valence-electron chi connectivity index (χ4n) is 2.54. The highest BCUT2D eigenvalue weighted by Gasteiger charge is 2.22. The first-order valence-electron chi connectivity index (χ1n) is 7.52. The summed E-state index contributed by atoms with van der Waals surface area (Å²) in [6, 6.07) is 17.4. The Morgan fingerprint density at radius 2 is 1.91 bits per heavy atom. The second-order valence-electron chi connectivity index (χ2n) is 5.21. The largest absolute Gasteiger partial charge is 0.493 e. The number of nitrogens with one attached hydrogen (secondary N) is 1. The minimum atomic E-state index is -0.00219. The molecule has 3 rings (SSSR count). The van der Waals surface area contributed by atoms with Crippen molar-refractivity contribution in [3.05, 3.63) is 60.2 Å². The van der Waals surface area contributed by atoms with Crippen molar-refractivity contribution in [3.8, 4) is 11.5 Å². The van der Waals surface area contributed by atoms with Crippen LogP contribution in [0, 0.1) is 0 Å². The van der Waals surface area contributed by atoms with E-state index >= 15 is 0 Å². The smallest absolute Gasteiger partial charge is 0.223 e. The van der Waals surface area contributed by atoms with Gasteiger partial charge in [-0.2, -0.15) is 0 Å². The first-order valence-corrected chi connectivity index (χ1v) is 7.52. The maximum Gasteiger partial charge on any atom is 0.223 e. The van der Waals surface area contributed by atoms with Crippen molar-refractivity contribution < 1.29 is 14.3 Å². The van der Waals surface area contributed by atoms with Gasteiger partial charge in [0.1, 0.15) is 11.5 Å². The van der Waals surface area contributed by atoms with Gasteiger partial charge in [-0.3, -0.25) is 4.79 Å². The van der Waals surface area contributed by atoms with Crippen molar-refractivity contribution in [3.63, 3.8) is 0 Å². The Hall–Kier alpha value is -2.49. The number of ether oxygens (including phenoxy) is 2. The molecule has 1 atom stereocenters. The number of rotatable bonds is 5. The summed E-state index contributed by atoms with van der Waals surface area (Å²) in [4.78, 5) is 12.1. The maximum atomic E-state index is 12.1. The van der Waals surface area contributed by atoms with Crippen LogP contribution in [-0.2, 0) is 4.79 Å². The molecule has 2 aromatic carbocycles. The van der Waals surface area contributed by atoms with Crippen LogP contribution in [0.4, 0.5) is 0 Å². The lowest BCUT2D eigenvalue weighted by atomic mass is 10.0. The van der Waals surface area contributed by atoms with Crippen molar-refractivity contribution >= 4 is 5.91 Å². The summed E-state index contributed by atoms with van der Waals surface area (Å²) < 4.78 is 11.1. The molecular weight excluding hydrogens is 278 g/mol. The van der Waals surface area contributed by atoms with Crippen LogP contribution in [0.2, 0.25) is 0 Å². The summed E-state index contributed by atoms with van der Waals surface area (Å²) in [5, 5.41) is 3.06. The fraction of sp³-hybridized carbons (Fsp3) is 0.278. The Balaban J connectivity index is 1.50. The number of carbonyl (C=O) groups is 1. The van der Waals surface area contributed by atoms with Crippen molar-refractivity contribution in [1.29, 1.82) is 0 Å². The van der Waals surface area contributed by atoms with E-state index in [1.165, 1.54) is 0 Å². The Morgan fingerprint density at radius 1 is 1.14 bits per heavy atom. The number of fused-ring (bicyclic) bond motifs is 1. The third-order valence-electron chi connectivity index (χ3n) is 3.63. The highest BCUT2D eigenvalue weighted by Crippen LogP contribution is 2.31. The molecule has 4 heteroatoms. The van der Waals surface area contributed by atoms with Crippen molar-refractivity contribution in [2.75, 3.05) is 13.2 Å². The van der Waals surface area contributed by atoms with Crippen LogP contribution in [0.3, 0.4) is 0 Å². The van der Waals surface area contributed by atoms with Crippen LogP contribution < -0.4 is 14.8 Å². The Morgan fingerprint density at radius 3 is 2.77 bits per heavy atom. The molecule has 0 saturated carbocycles. The molecular formula is C18H19NO3. The standard InChI is InChI=1S/C18H19NO3/c20-18(11-13-21-14-6-2-1-3-7-14)19-16-10-12-22-17-9-5-4-8-15(16)17/h1-9,16H,10-13H2,(H,19,20)/t16-/m1/s1. The molecule has 0 radical (unpaired) electrons. The molecule has 0 fully saturated rings. The Labute approximate surface area is 130 Å². The summed E-state index contributed by atoms with van der Waals surface area (Å²) in [6.07, 6.45) is 1.14. The lowest BCUT2D eigenvalue weighted by Gasteiger charge is -2.26. The van der Waals surface area contributed by atoms with Gasteiger partial charge in [-0.1, -0.05) is 36.4 Å². The lowest BCUT2D eigenvalue weighted by molar-refractivity contribution is -0.122. The van der Waals surface area contributed by atoms with E-state index in [4.69, 9.17) is 9.47 Å². The average molecular weight is 297 g/mol. The molecule has 0 aromatic heterocycles. The molecule has 0 unspecified atom stereocenters. The predicted octanol–water partition coefficient (Wildman–Crippen LogP) is 3.10. The van der Waals surface area contributed by atoms with E-state index in [1.54, 1.807) is 0 Å². The van der Waals surface area contributed by atoms with Gasteiger partial charge in [-0.25, -0.2) is 0 Å². The third-order valence-corrected chi connectivity index (χ3v) is 3.63. The van der Waals surface area contributed by atoms with Gasteiger partial charge in [0, 0.05) is 12.0 Å². The fourth-order valence-corrected chi connectivity index (χ4v) is 2.54. The second-order valence-corrected chi connectivity index (χ2v) is 5.21. The van der Waals surface area contributed by atoms with Gasteiger partial charge < -0.3 is 14.8 Å². The van der Waals surface area contributed by atoms with Gasteiger partial charge in [0.25, 0.3) is 0 Å². The molecule has 1 heterocycles. The molecule has 1 aliphatic heterocycles. The van der Waals surface area contributed by atoms with Crippen LogP contribution in [0.1, 0.15) is 24.4 Å². The number of para-hydroxylation sites is 2. The Kier molecular flexibility index (Phi) is 4.59. The summed E-state index contributed by atoms with van der Waals surface area (Å²) in [7, 11) is 0. The van der Waals surface area contributed by atoms with E-state index in [0.29, 0.717) is 19.6 Å². The average Bonchev–Trinajstić information content (AvgIpc) is 2.56. The normalized spacial score (nSPS) is 16.3. The first kappa shape index (κ1) is 14.4. The van der Waals surface area contributed by atoms with E-state index in [-0.39, 0.29) is 11.9 Å². The zero-order chi connectivity index (χ0) is 15.2. The minimum absolute atomic E-state index is 0.00219. The monoisotopic (exact) mass is 297 g/mol. The summed E-state index contributed by atoms with van der Waals surface area (Å²) >= 11 is 0. The SMILES string of the molecule is O=C(CCOc1ccccc1)N[C@@H]1CCOc2ccccc21. The quantitative estimate of drug-likeness (QED) is 0.922. The summed E-state index contributed by atoms with van der Waals surface area (Å²) in [5.74, 6) is 1.64. The lowest BCUT2D eigenvalue weighted by Crippen LogP contribution is -2.32. The van der Waals surface area contributed by atoms with E-state index in [1.807, 2.05) is 54.6 Å². The molecule has 4 nitrogen and oxygen atoms in total. The van der Waals surface area contributed by atoms with Gasteiger partial charge >= 0.3 is 0 Å². The van der Waals surface area contributed by atoms with Crippen LogP contribution >= 0.6 is 0 Å². The van der Waals surface area contributed by atoms with Gasteiger partial charge in [0.2, 0.25) is 5.91 Å². The Bertz CT molecular complexity index is 627. The van der Waals surface area contributed by atoms with Crippen LogP contribution in [0.25, 0.3) is 0 Å². The highest BCUT2D eigenvalue weighted by molar-refractivity contribution is 5.76. The van der Waals surface area contributed by atoms with E-state index in [2.05, 4.69) is 5.32 Å². The number of hydrogen-bond donors (Lipinski definition) is 1. The van der Waals surface area contributed by atoms with Gasteiger partial charge in [0.05, 0.1) is 25.7 Å². The molecule has 2 aromatic rings. The zero-order valence-corrected chi connectivity index (χ0v) is 12.3. The van der Waals surface area contributed by atoms with E-state index in [9.17, 15) is 4.79 Å². The van der Waals surface area contributed by atoms with Crippen LogP contribution in [0.5, 0.6) is 11.5 Å². The topological polar surface area (TPSA) is 47.6 Å². The predicted molar refractivity (Wildman–Crippen MR) is 84.0 cm³/mol. The molecule has 0 spiro atoms. The molecule has 1 aliphatic rings. The number of amides is 1. The van der Waals surface area contributed by atoms with Crippen LogP contribution in [0.15, 0.2) is 54.6 Å². The zero-order valence-electron chi connectivity index (χ0n) is 12.3. The van der Waals surface area contributed by atoms with E-state index < -0.39 is 0 Å². The van der Waals surface area contributed by atoms with Crippen molar-refractivity contribution in [1.82, 2.24) is 5.32 Å². The number of hydrogen-bond acceptors (Lipinski definition) is 3. The van der Waals surface area contributed by atoms with Gasteiger partial charge in [-0.05, 0) is 18.2 Å². The molecule has 0 aliphatic carbocycles.